The third kappa shape index (κ3) is 3.08. The fourth-order valence-corrected chi connectivity index (χ4v) is 2.05. The smallest absolute Gasteiger partial charge is 0.249 e. The van der Waals surface area contributed by atoms with Crippen LogP contribution in [0.3, 0.4) is 0 Å². The Kier molecular flexibility index (Phi) is 3.91. The fraction of sp³-hybridized carbons (Fsp3) is 0.188. The maximum absolute atomic E-state index is 5.38. The number of hydrogen-bond acceptors (Lipinski definition) is 5. The molecule has 1 atom stereocenters. The maximum atomic E-state index is 5.38. The summed E-state index contributed by atoms with van der Waals surface area (Å²) in [5.74, 6) is 1.08. The van der Waals surface area contributed by atoms with Crippen molar-refractivity contribution in [1.82, 2.24) is 15.1 Å². The molecule has 3 aromatic rings. The summed E-state index contributed by atoms with van der Waals surface area (Å²) in [6.45, 7) is 2.07. The van der Waals surface area contributed by atoms with Crippen molar-refractivity contribution in [2.75, 3.05) is 5.32 Å². The van der Waals surface area contributed by atoms with Crippen LogP contribution in [-0.2, 0) is 0 Å². The van der Waals surface area contributed by atoms with Crippen molar-refractivity contribution in [3.63, 3.8) is 0 Å². The Labute approximate surface area is 123 Å². The van der Waals surface area contributed by atoms with Crippen LogP contribution in [0.5, 0.6) is 0 Å². The molecule has 3 rings (SSSR count). The van der Waals surface area contributed by atoms with Crippen molar-refractivity contribution in [1.29, 1.82) is 0 Å². The summed E-state index contributed by atoms with van der Waals surface area (Å²) in [4.78, 5) is 8.67. The highest BCUT2D eigenvalue weighted by Gasteiger charge is 2.18. The number of rotatable bonds is 5. The van der Waals surface area contributed by atoms with E-state index in [2.05, 4.69) is 27.4 Å². The largest absolute Gasteiger partial charge is 0.374 e. The molecule has 5 heteroatoms. The topological polar surface area (TPSA) is 63.8 Å². The van der Waals surface area contributed by atoms with Gasteiger partial charge in [-0.1, -0.05) is 36.3 Å². The van der Waals surface area contributed by atoms with Gasteiger partial charge in [-0.05, 0) is 30.7 Å². The van der Waals surface area contributed by atoms with Gasteiger partial charge in [-0.15, -0.1) is 0 Å². The van der Waals surface area contributed by atoms with Gasteiger partial charge >= 0.3 is 0 Å². The van der Waals surface area contributed by atoms with E-state index >= 15 is 0 Å². The van der Waals surface area contributed by atoms with E-state index in [-0.39, 0.29) is 6.04 Å². The average molecular weight is 280 g/mol. The van der Waals surface area contributed by atoms with Gasteiger partial charge in [0, 0.05) is 11.9 Å². The summed E-state index contributed by atoms with van der Waals surface area (Å²) < 4.78 is 5.38. The molecule has 0 bridgehead atoms. The first-order chi connectivity index (χ1) is 10.4. The average Bonchev–Trinajstić information content (AvgIpc) is 3.04. The van der Waals surface area contributed by atoms with Gasteiger partial charge in [-0.25, -0.2) is 0 Å². The predicted octanol–water partition coefficient (Wildman–Crippen LogP) is 3.69. The first-order valence-corrected chi connectivity index (χ1v) is 6.93. The zero-order valence-corrected chi connectivity index (χ0v) is 11.7. The molecule has 0 aliphatic heterocycles. The molecule has 0 spiro atoms. The molecule has 1 aromatic carbocycles. The van der Waals surface area contributed by atoms with Crippen molar-refractivity contribution in [2.24, 2.45) is 0 Å². The minimum atomic E-state index is -0.0163. The highest BCUT2D eigenvalue weighted by molar-refractivity contribution is 5.48. The van der Waals surface area contributed by atoms with Crippen molar-refractivity contribution in [2.45, 2.75) is 19.4 Å². The summed E-state index contributed by atoms with van der Waals surface area (Å²) in [5.41, 5.74) is 1.74. The van der Waals surface area contributed by atoms with E-state index in [0.717, 1.165) is 12.1 Å². The molecule has 0 amide bonds. The van der Waals surface area contributed by atoms with Gasteiger partial charge in [-0.2, -0.15) is 4.98 Å². The lowest BCUT2D eigenvalue weighted by atomic mass is 10.2. The van der Waals surface area contributed by atoms with E-state index in [1.54, 1.807) is 6.20 Å². The van der Waals surface area contributed by atoms with E-state index in [9.17, 15) is 0 Å². The second-order valence-electron chi connectivity index (χ2n) is 4.64. The van der Waals surface area contributed by atoms with Crippen LogP contribution in [0.2, 0.25) is 0 Å². The first-order valence-electron chi connectivity index (χ1n) is 6.93. The first kappa shape index (κ1) is 13.3. The van der Waals surface area contributed by atoms with Gasteiger partial charge in [0.1, 0.15) is 11.7 Å². The number of hydrogen-bond donors (Lipinski definition) is 1. The molecule has 0 saturated carbocycles. The molecule has 21 heavy (non-hydrogen) atoms. The Morgan fingerprint density at radius 3 is 2.62 bits per heavy atom. The van der Waals surface area contributed by atoms with Crippen LogP contribution >= 0.6 is 0 Å². The molecule has 1 unspecified atom stereocenters. The summed E-state index contributed by atoms with van der Waals surface area (Å²) in [5, 5.41) is 7.40. The Morgan fingerprint density at radius 1 is 1.10 bits per heavy atom. The van der Waals surface area contributed by atoms with E-state index in [1.165, 1.54) is 0 Å². The molecule has 5 nitrogen and oxygen atoms in total. The maximum Gasteiger partial charge on any atom is 0.249 e. The second-order valence-corrected chi connectivity index (χ2v) is 4.64. The van der Waals surface area contributed by atoms with E-state index < -0.39 is 0 Å². The molecule has 0 fully saturated rings. The van der Waals surface area contributed by atoms with Crippen molar-refractivity contribution in [3.8, 4) is 11.5 Å². The summed E-state index contributed by atoms with van der Waals surface area (Å²) in [6, 6.07) is 15.6. The number of benzene rings is 1. The lowest BCUT2D eigenvalue weighted by Crippen LogP contribution is -2.09. The molecule has 1 N–H and O–H groups in total. The minimum absolute atomic E-state index is 0.0163. The molecular formula is C16H16N4O. The van der Waals surface area contributed by atoms with Crippen LogP contribution in [0, 0.1) is 0 Å². The van der Waals surface area contributed by atoms with Crippen molar-refractivity contribution >= 4 is 5.69 Å². The third-order valence-electron chi connectivity index (χ3n) is 3.16. The third-order valence-corrected chi connectivity index (χ3v) is 3.16. The fourth-order valence-electron chi connectivity index (χ4n) is 2.05. The van der Waals surface area contributed by atoms with Crippen LogP contribution in [-0.4, -0.2) is 15.1 Å². The second kappa shape index (κ2) is 6.17. The Balaban J connectivity index is 1.81. The van der Waals surface area contributed by atoms with Gasteiger partial charge in [-0.3, -0.25) is 4.98 Å². The number of aromatic nitrogens is 3. The van der Waals surface area contributed by atoms with Crippen LogP contribution in [0.1, 0.15) is 25.3 Å². The van der Waals surface area contributed by atoms with Gasteiger partial charge in [0.25, 0.3) is 0 Å². The predicted molar refractivity (Wildman–Crippen MR) is 80.6 cm³/mol. The normalized spacial score (nSPS) is 12.0. The zero-order chi connectivity index (χ0) is 14.5. The highest BCUT2D eigenvalue weighted by atomic mass is 16.5. The summed E-state index contributed by atoms with van der Waals surface area (Å²) in [6.07, 6.45) is 2.56. The number of nitrogens with zero attached hydrogens (tertiary/aromatic N) is 3. The van der Waals surface area contributed by atoms with Crippen LogP contribution < -0.4 is 5.32 Å². The molecule has 2 aromatic heterocycles. The van der Waals surface area contributed by atoms with Gasteiger partial charge in [0.05, 0.1) is 0 Å². The number of nitrogens with one attached hydrogen (secondary N) is 1. The summed E-state index contributed by atoms with van der Waals surface area (Å²) in [7, 11) is 0. The van der Waals surface area contributed by atoms with E-state index in [0.29, 0.717) is 17.4 Å². The summed E-state index contributed by atoms with van der Waals surface area (Å²) >= 11 is 0. The van der Waals surface area contributed by atoms with Crippen LogP contribution in [0.15, 0.2) is 59.3 Å². The molecular weight excluding hydrogens is 264 g/mol. The molecule has 0 radical (unpaired) electrons. The number of pyridine rings is 1. The van der Waals surface area contributed by atoms with Gasteiger partial charge in [0.2, 0.25) is 11.7 Å². The van der Waals surface area contributed by atoms with Crippen molar-refractivity contribution < 1.29 is 4.52 Å². The molecule has 0 saturated heterocycles. The highest BCUT2D eigenvalue weighted by Crippen LogP contribution is 2.23. The van der Waals surface area contributed by atoms with Gasteiger partial charge in [0.15, 0.2) is 0 Å². The van der Waals surface area contributed by atoms with Gasteiger partial charge < -0.3 is 9.84 Å². The Bertz CT molecular complexity index is 682. The monoisotopic (exact) mass is 280 g/mol. The lowest BCUT2D eigenvalue weighted by Gasteiger charge is -2.13. The minimum Gasteiger partial charge on any atom is -0.374 e. The van der Waals surface area contributed by atoms with Crippen LogP contribution in [0.25, 0.3) is 11.5 Å². The number of para-hydroxylation sites is 1. The van der Waals surface area contributed by atoms with Crippen LogP contribution in [0.4, 0.5) is 5.69 Å². The Morgan fingerprint density at radius 2 is 1.90 bits per heavy atom. The Hall–Kier alpha value is -2.69. The molecule has 0 aliphatic carbocycles. The lowest BCUT2D eigenvalue weighted by molar-refractivity contribution is 0.359. The number of anilines is 1. The van der Waals surface area contributed by atoms with E-state index in [1.807, 2.05) is 48.5 Å². The molecule has 2 heterocycles. The molecule has 0 aliphatic rings. The zero-order valence-electron chi connectivity index (χ0n) is 11.7. The quantitative estimate of drug-likeness (QED) is 0.772. The SMILES string of the molecule is CCC(Nc1ccccc1)c1nc(-c2ccccn2)no1. The molecule has 106 valence electrons. The van der Waals surface area contributed by atoms with Crippen molar-refractivity contribution in [3.05, 3.63) is 60.6 Å². The standard InChI is InChI=1S/C16H16N4O/c1-2-13(18-12-8-4-3-5-9-12)16-19-15(20-21-16)14-10-6-7-11-17-14/h3-11,13,18H,2H2,1H3. The van der Waals surface area contributed by atoms with E-state index in [4.69, 9.17) is 4.52 Å².